The number of carboxylic acids is 1. The first-order chi connectivity index (χ1) is 14.0. The maximum absolute atomic E-state index is 12.5. The van der Waals surface area contributed by atoms with E-state index >= 15 is 0 Å². The quantitative estimate of drug-likeness (QED) is 0.560. The molecule has 1 atom stereocenters. The Hall–Kier alpha value is -3.65. The van der Waals surface area contributed by atoms with Crippen LogP contribution in [0.3, 0.4) is 0 Å². The lowest BCUT2D eigenvalue weighted by Gasteiger charge is -2.15. The number of amides is 1. The lowest BCUT2D eigenvalue weighted by Crippen LogP contribution is -2.45. The number of aliphatic carboxylic acids is 1. The monoisotopic (exact) mass is 397 g/mol. The van der Waals surface area contributed by atoms with Crippen molar-refractivity contribution in [3.8, 4) is 5.75 Å². The van der Waals surface area contributed by atoms with E-state index in [1.54, 1.807) is 18.2 Å². The summed E-state index contributed by atoms with van der Waals surface area (Å²) in [6, 6.07) is 14.1. The summed E-state index contributed by atoms with van der Waals surface area (Å²) in [5.74, 6) is -1.74. The summed E-state index contributed by atoms with van der Waals surface area (Å²) in [6.45, 7) is -0.0754. The van der Waals surface area contributed by atoms with Crippen LogP contribution < -0.4 is 15.7 Å². The second-order valence-electron chi connectivity index (χ2n) is 6.18. The maximum atomic E-state index is 12.5. The Morgan fingerprint density at radius 1 is 1.14 bits per heavy atom. The summed E-state index contributed by atoms with van der Waals surface area (Å²) in [6.07, 6.45) is 0. The topological polar surface area (TPSA) is 115 Å². The average molecular weight is 397 g/mol. The van der Waals surface area contributed by atoms with Crippen LogP contribution in [0, 0.1) is 0 Å². The molecule has 1 heterocycles. The van der Waals surface area contributed by atoms with Gasteiger partial charge in [-0.15, -0.1) is 0 Å². The van der Waals surface area contributed by atoms with Crippen molar-refractivity contribution in [3.63, 3.8) is 0 Å². The van der Waals surface area contributed by atoms with E-state index in [4.69, 9.17) is 13.9 Å². The highest BCUT2D eigenvalue weighted by Crippen LogP contribution is 2.24. The van der Waals surface area contributed by atoms with Crippen molar-refractivity contribution in [2.24, 2.45) is 0 Å². The number of carbonyl (C=O) groups excluding carboxylic acids is 1. The van der Waals surface area contributed by atoms with Gasteiger partial charge in [0.25, 0.3) is 5.91 Å². The molecule has 0 saturated carbocycles. The molecule has 2 N–H and O–H groups in total. The summed E-state index contributed by atoms with van der Waals surface area (Å²) in [5.41, 5.74) is -0.0778. The first kappa shape index (κ1) is 20.1. The smallest absolute Gasteiger partial charge is 0.349 e. The van der Waals surface area contributed by atoms with Crippen molar-refractivity contribution < 1.29 is 28.6 Å². The summed E-state index contributed by atoms with van der Waals surface area (Å²) < 4.78 is 15.8. The summed E-state index contributed by atoms with van der Waals surface area (Å²) >= 11 is 0. The minimum Gasteiger partial charge on any atom is -0.496 e. The summed E-state index contributed by atoms with van der Waals surface area (Å²) in [7, 11) is 1.45. The van der Waals surface area contributed by atoms with Gasteiger partial charge in [-0.3, -0.25) is 4.79 Å². The highest BCUT2D eigenvalue weighted by Gasteiger charge is 2.23. The zero-order valence-corrected chi connectivity index (χ0v) is 15.6. The van der Waals surface area contributed by atoms with Crippen molar-refractivity contribution in [1.82, 2.24) is 5.32 Å². The number of carboxylic acid groups (broad SMARTS) is 1. The van der Waals surface area contributed by atoms with Crippen LogP contribution in [0.1, 0.15) is 15.9 Å². The van der Waals surface area contributed by atoms with Gasteiger partial charge < -0.3 is 24.3 Å². The van der Waals surface area contributed by atoms with Crippen LogP contribution in [0.4, 0.5) is 0 Å². The van der Waals surface area contributed by atoms with Crippen LogP contribution >= 0.6 is 0 Å². The predicted octanol–water partition coefficient (Wildman–Crippen LogP) is 2.20. The molecule has 3 aromatic rings. The van der Waals surface area contributed by atoms with Crippen molar-refractivity contribution >= 4 is 22.8 Å². The van der Waals surface area contributed by atoms with E-state index in [-0.39, 0.29) is 24.4 Å². The number of methoxy groups -OCH3 is 1. The standard InChI is InChI=1S/C21H19NO7/c1-27-17-8-5-9-18-14(17)10-15(21(26)29-18)19(23)22-16(20(24)25)12-28-11-13-6-3-2-4-7-13/h2-10,16H,11-12H2,1H3,(H,22,23)(H,24,25)/t16-/m0/s1. The van der Waals surface area contributed by atoms with E-state index < -0.39 is 23.5 Å². The van der Waals surface area contributed by atoms with Crippen LogP contribution in [-0.2, 0) is 16.1 Å². The molecular formula is C21H19NO7. The molecule has 0 aliphatic heterocycles. The van der Waals surface area contributed by atoms with Crippen molar-refractivity contribution in [1.29, 1.82) is 0 Å². The van der Waals surface area contributed by atoms with Crippen LogP contribution in [0.2, 0.25) is 0 Å². The average Bonchev–Trinajstić information content (AvgIpc) is 2.72. The van der Waals surface area contributed by atoms with Crippen LogP contribution in [0.25, 0.3) is 11.0 Å². The Bertz CT molecular complexity index is 1080. The van der Waals surface area contributed by atoms with E-state index in [9.17, 15) is 19.5 Å². The number of hydrogen-bond acceptors (Lipinski definition) is 6. The normalized spacial score (nSPS) is 11.8. The van der Waals surface area contributed by atoms with Crippen LogP contribution in [0.5, 0.6) is 5.75 Å². The van der Waals surface area contributed by atoms with Gasteiger partial charge in [0.15, 0.2) is 6.04 Å². The Kier molecular flexibility index (Phi) is 6.25. The Morgan fingerprint density at radius 3 is 2.59 bits per heavy atom. The molecule has 0 spiro atoms. The van der Waals surface area contributed by atoms with Crippen LogP contribution in [-0.4, -0.2) is 36.7 Å². The molecular weight excluding hydrogens is 378 g/mol. The van der Waals surface area contributed by atoms with Gasteiger partial charge in [-0.2, -0.15) is 0 Å². The first-order valence-corrected chi connectivity index (χ1v) is 8.76. The third-order valence-electron chi connectivity index (χ3n) is 4.20. The van der Waals surface area contributed by atoms with Gasteiger partial charge in [-0.05, 0) is 23.8 Å². The fourth-order valence-corrected chi connectivity index (χ4v) is 2.73. The number of fused-ring (bicyclic) bond motifs is 1. The molecule has 1 aromatic heterocycles. The maximum Gasteiger partial charge on any atom is 0.349 e. The number of ether oxygens (including phenoxy) is 2. The third-order valence-corrected chi connectivity index (χ3v) is 4.20. The molecule has 0 bridgehead atoms. The van der Waals surface area contributed by atoms with E-state index in [0.717, 1.165) is 5.56 Å². The molecule has 2 aromatic carbocycles. The van der Waals surface area contributed by atoms with Gasteiger partial charge in [0.05, 0.1) is 25.7 Å². The van der Waals surface area contributed by atoms with E-state index in [1.807, 2.05) is 30.3 Å². The van der Waals surface area contributed by atoms with Crippen LogP contribution in [0.15, 0.2) is 63.8 Å². The highest BCUT2D eigenvalue weighted by atomic mass is 16.5. The molecule has 29 heavy (non-hydrogen) atoms. The number of nitrogens with one attached hydrogen (secondary N) is 1. The first-order valence-electron chi connectivity index (χ1n) is 8.76. The molecule has 0 radical (unpaired) electrons. The SMILES string of the molecule is COc1cccc2oc(=O)c(C(=O)N[C@@H](COCc3ccccc3)C(=O)O)cc12. The Morgan fingerprint density at radius 2 is 1.90 bits per heavy atom. The molecule has 0 fully saturated rings. The van der Waals surface area contributed by atoms with E-state index in [2.05, 4.69) is 5.32 Å². The number of carbonyl (C=O) groups is 2. The molecule has 0 aliphatic rings. The second kappa shape index (κ2) is 9.03. The fourth-order valence-electron chi connectivity index (χ4n) is 2.73. The van der Waals surface area contributed by atoms with Gasteiger partial charge >= 0.3 is 11.6 Å². The lowest BCUT2D eigenvalue weighted by molar-refractivity contribution is -0.141. The third kappa shape index (κ3) is 4.80. The molecule has 8 heteroatoms. The van der Waals surface area contributed by atoms with Gasteiger partial charge in [0, 0.05) is 0 Å². The fraction of sp³-hybridized carbons (Fsp3) is 0.190. The number of rotatable bonds is 8. The van der Waals surface area contributed by atoms with Gasteiger partial charge in [-0.1, -0.05) is 36.4 Å². The molecule has 8 nitrogen and oxygen atoms in total. The van der Waals surface area contributed by atoms with Crippen molar-refractivity contribution in [3.05, 3.63) is 76.1 Å². The van der Waals surface area contributed by atoms with Gasteiger partial charge in [-0.25, -0.2) is 9.59 Å². The summed E-state index contributed by atoms with van der Waals surface area (Å²) in [5, 5.41) is 12.1. The largest absolute Gasteiger partial charge is 0.496 e. The zero-order chi connectivity index (χ0) is 20.8. The van der Waals surface area contributed by atoms with E-state index in [0.29, 0.717) is 11.1 Å². The van der Waals surface area contributed by atoms with E-state index in [1.165, 1.54) is 13.2 Å². The van der Waals surface area contributed by atoms with Gasteiger partial charge in [0.1, 0.15) is 16.9 Å². The second-order valence-corrected chi connectivity index (χ2v) is 6.18. The Labute approximate surface area is 165 Å². The zero-order valence-electron chi connectivity index (χ0n) is 15.6. The molecule has 0 saturated heterocycles. The minimum absolute atomic E-state index is 0.190. The predicted molar refractivity (Wildman–Crippen MR) is 104 cm³/mol. The minimum atomic E-state index is -1.33. The highest BCUT2D eigenvalue weighted by molar-refractivity contribution is 5.99. The molecule has 150 valence electrons. The van der Waals surface area contributed by atoms with Gasteiger partial charge in [0.2, 0.25) is 0 Å². The lowest BCUT2D eigenvalue weighted by atomic mass is 10.1. The number of hydrogen-bond donors (Lipinski definition) is 2. The molecule has 3 rings (SSSR count). The van der Waals surface area contributed by atoms with Crippen molar-refractivity contribution in [2.75, 3.05) is 13.7 Å². The van der Waals surface area contributed by atoms with Crippen molar-refractivity contribution in [2.45, 2.75) is 12.6 Å². The summed E-state index contributed by atoms with van der Waals surface area (Å²) in [4.78, 5) is 36.2. The molecule has 0 unspecified atom stereocenters. The molecule has 0 aliphatic carbocycles. The Balaban J connectivity index is 1.75. The number of benzene rings is 2. The molecule has 1 amide bonds.